The first-order valence-electron chi connectivity index (χ1n) is 11.3. The third kappa shape index (κ3) is 4.92. The second-order valence-electron chi connectivity index (χ2n) is 8.40. The normalized spacial score (nSPS) is 18.3. The van der Waals surface area contributed by atoms with Crippen molar-refractivity contribution in [1.82, 2.24) is 14.8 Å². The van der Waals surface area contributed by atoms with Gasteiger partial charge in [-0.05, 0) is 36.4 Å². The zero-order chi connectivity index (χ0) is 24.4. The van der Waals surface area contributed by atoms with Gasteiger partial charge in [-0.15, -0.1) is 0 Å². The average Bonchev–Trinajstić information content (AvgIpc) is 3.35. The predicted molar refractivity (Wildman–Crippen MR) is 128 cm³/mol. The van der Waals surface area contributed by atoms with Gasteiger partial charge < -0.3 is 14.8 Å². The fraction of sp³-hybridized carbons (Fsp3) is 0.269. The maximum absolute atomic E-state index is 13.3. The molecule has 1 saturated heterocycles. The molecule has 0 spiro atoms. The molecule has 178 valence electrons. The molecule has 0 bridgehead atoms. The molecule has 3 heterocycles. The van der Waals surface area contributed by atoms with Crippen LogP contribution in [0.25, 0.3) is 10.9 Å². The van der Waals surface area contributed by atoms with Crippen LogP contribution in [0.4, 0.5) is 13.2 Å². The molecule has 9 heteroatoms. The number of amides is 1. The van der Waals surface area contributed by atoms with E-state index < -0.39 is 17.6 Å². The molecule has 6 nitrogen and oxygen atoms in total. The lowest BCUT2D eigenvalue weighted by Gasteiger charge is -2.36. The van der Waals surface area contributed by atoms with Crippen LogP contribution in [0.15, 0.2) is 64.7 Å². The summed E-state index contributed by atoms with van der Waals surface area (Å²) in [5.74, 6) is 6.24. The molecule has 0 saturated carbocycles. The molecule has 2 aromatic carbocycles. The summed E-state index contributed by atoms with van der Waals surface area (Å²) in [6.45, 7) is 1.97. The van der Waals surface area contributed by atoms with Crippen molar-refractivity contribution in [3.63, 3.8) is 0 Å². The Balaban J connectivity index is 1.18. The van der Waals surface area contributed by atoms with E-state index in [4.69, 9.17) is 0 Å². The van der Waals surface area contributed by atoms with Crippen molar-refractivity contribution >= 4 is 29.0 Å². The molecule has 1 aromatic heterocycles. The Hall–Kier alpha value is -4.06. The van der Waals surface area contributed by atoms with E-state index in [0.717, 1.165) is 22.5 Å². The largest absolute Gasteiger partial charge is 0.417 e. The summed E-state index contributed by atoms with van der Waals surface area (Å²) >= 11 is 0. The number of hydrogen-bond acceptors (Lipinski definition) is 4. The van der Waals surface area contributed by atoms with Crippen LogP contribution in [0.1, 0.15) is 21.5 Å². The van der Waals surface area contributed by atoms with Crippen LogP contribution in [0.2, 0.25) is 0 Å². The Labute approximate surface area is 200 Å². The van der Waals surface area contributed by atoms with Crippen molar-refractivity contribution in [2.45, 2.75) is 6.18 Å². The summed E-state index contributed by atoms with van der Waals surface area (Å²) in [6.07, 6.45) is -0.905. The third-order valence-corrected chi connectivity index (χ3v) is 6.07. The lowest BCUT2D eigenvalue weighted by atomic mass is 10.1. The minimum absolute atomic E-state index is 0.0950. The van der Waals surface area contributed by atoms with Gasteiger partial charge in [0.25, 0.3) is 5.91 Å². The number of halogens is 3. The van der Waals surface area contributed by atoms with E-state index in [2.05, 4.69) is 26.8 Å². The molecule has 1 atom stereocenters. The number of nitrogens with one attached hydrogen (secondary N) is 1. The van der Waals surface area contributed by atoms with Gasteiger partial charge in [0.2, 0.25) is 5.96 Å². The number of aliphatic imine (C=N–C) groups is 2. The van der Waals surface area contributed by atoms with Crippen molar-refractivity contribution in [2.24, 2.45) is 15.9 Å². The zero-order valence-electron chi connectivity index (χ0n) is 18.7. The molecule has 1 fully saturated rings. The minimum atomic E-state index is -4.58. The van der Waals surface area contributed by atoms with Gasteiger partial charge in [0, 0.05) is 55.1 Å². The lowest BCUT2D eigenvalue weighted by Crippen LogP contribution is -2.51. The highest BCUT2D eigenvalue weighted by Crippen LogP contribution is 2.32. The number of nitrogens with zero attached hydrogens (tertiary/aromatic N) is 4. The number of H-pyrrole nitrogens is 1. The second kappa shape index (κ2) is 9.29. The van der Waals surface area contributed by atoms with Gasteiger partial charge in [0.1, 0.15) is 0 Å². The Morgan fingerprint density at radius 3 is 2.60 bits per heavy atom. The summed E-state index contributed by atoms with van der Waals surface area (Å²) in [7, 11) is 0. The van der Waals surface area contributed by atoms with Gasteiger partial charge in [0.05, 0.1) is 23.6 Å². The van der Waals surface area contributed by atoms with Crippen LogP contribution in [0, 0.1) is 17.8 Å². The van der Waals surface area contributed by atoms with Gasteiger partial charge in [-0.25, -0.2) is 9.98 Å². The molecule has 1 unspecified atom stereocenters. The van der Waals surface area contributed by atoms with Crippen LogP contribution >= 0.6 is 0 Å². The van der Waals surface area contributed by atoms with Crippen LogP contribution in [0.3, 0.4) is 0 Å². The third-order valence-electron chi connectivity index (χ3n) is 6.07. The van der Waals surface area contributed by atoms with Crippen molar-refractivity contribution < 1.29 is 18.0 Å². The number of carbonyl (C=O) groups excluding carboxylic acids is 1. The first-order chi connectivity index (χ1) is 16.9. The number of guanidine groups is 1. The fourth-order valence-electron chi connectivity index (χ4n) is 4.19. The molecule has 2 aliphatic heterocycles. The Kier molecular flexibility index (Phi) is 6.03. The van der Waals surface area contributed by atoms with E-state index in [0.29, 0.717) is 38.7 Å². The van der Waals surface area contributed by atoms with E-state index in [1.165, 1.54) is 23.1 Å². The molecular weight excluding hydrogens is 455 g/mol. The Morgan fingerprint density at radius 1 is 1.06 bits per heavy atom. The summed E-state index contributed by atoms with van der Waals surface area (Å²) < 4.78 is 39.9. The molecular formula is C26H22F3N5O. The van der Waals surface area contributed by atoms with Crippen LogP contribution in [-0.4, -0.2) is 65.6 Å². The lowest BCUT2D eigenvalue weighted by molar-refractivity contribution is -0.138. The number of carbonyl (C=O) groups is 1. The SMILES string of the molecule is O=C(c1ccccc1C(F)(F)F)N1CCN(C2=NCC(C#Cc3ccc4[nH]ccc4c3)C=N2)CC1. The van der Waals surface area contributed by atoms with Crippen LogP contribution < -0.4 is 0 Å². The highest BCUT2D eigenvalue weighted by Gasteiger charge is 2.36. The topological polar surface area (TPSA) is 64.1 Å². The monoisotopic (exact) mass is 477 g/mol. The molecule has 5 rings (SSSR count). The maximum Gasteiger partial charge on any atom is 0.417 e. The standard InChI is InChI=1S/C26H22F3N5O/c27-26(28,29)22-4-2-1-3-21(22)24(35)33-11-13-34(14-12-33)25-31-16-19(17-32-25)6-5-18-7-8-23-20(15-18)9-10-30-23/h1-4,7-10,15-16,19,30H,11-14,17H2. The minimum Gasteiger partial charge on any atom is -0.361 e. The van der Waals surface area contributed by atoms with Gasteiger partial charge in [-0.2, -0.15) is 13.2 Å². The predicted octanol–water partition coefficient (Wildman–Crippen LogP) is 4.05. The van der Waals surface area contributed by atoms with Crippen molar-refractivity contribution in [2.75, 3.05) is 32.7 Å². The zero-order valence-corrected chi connectivity index (χ0v) is 18.7. The summed E-state index contributed by atoms with van der Waals surface area (Å²) in [5, 5.41) is 1.11. The van der Waals surface area contributed by atoms with E-state index in [9.17, 15) is 18.0 Å². The highest BCUT2D eigenvalue weighted by molar-refractivity contribution is 5.96. The summed E-state index contributed by atoms with van der Waals surface area (Å²) in [4.78, 5) is 28.3. The van der Waals surface area contributed by atoms with Gasteiger partial charge >= 0.3 is 6.18 Å². The quantitative estimate of drug-likeness (QED) is 0.538. The first kappa shape index (κ1) is 22.7. The average molecular weight is 477 g/mol. The van der Waals surface area contributed by atoms with E-state index in [-0.39, 0.29) is 11.5 Å². The van der Waals surface area contributed by atoms with E-state index in [1.807, 2.05) is 35.4 Å². The smallest absolute Gasteiger partial charge is 0.361 e. The van der Waals surface area contributed by atoms with Crippen LogP contribution in [0.5, 0.6) is 0 Å². The number of benzene rings is 2. The maximum atomic E-state index is 13.3. The number of aromatic nitrogens is 1. The fourth-order valence-corrected chi connectivity index (χ4v) is 4.19. The van der Waals surface area contributed by atoms with Gasteiger partial charge in [-0.3, -0.25) is 4.79 Å². The van der Waals surface area contributed by atoms with Gasteiger partial charge in [0.15, 0.2) is 0 Å². The molecule has 3 aromatic rings. The second-order valence-corrected chi connectivity index (χ2v) is 8.40. The molecule has 0 radical (unpaired) electrons. The highest BCUT2D eigenvalue weighted by atomic mass is 19.4. The summed E-state index contributed by atoms with van der Waals surface area (Å²) in [6, 6.07) is 12.9. The number of alkyl halides is 3. The number of piperazine rings is 1. The molecule has 1 N–H and O–H groups in total. The number of aromatic amines is 1. The van der Waals surface area contributed by atoms with Crippen LogP contribution in [-0.2, 0) is 6.18 Å². The first-order valence-corrected chi connectivity index (χ1v) is 11.3. The van der Waals surface area contributed by atoms with E-state index >= 15 is 0 Å². The number of hydrogen-bond donors (Lipinski definition) is 1. The Morgan fingerprint density at radius 2 is 1.86 bits per heavy atom. The molecule has 0 aliphatic carbocycles. The molecule has 35 heavy (non-hydrogen) atoms. The molecule has 2 aliphatic rings. The van der Waals surface area contributed by atoms with Gasteiger partial charge in [-0.1, -0.05) is 24.0 Å². The number of rotatable bonds is 1. The van der Waals surface area contributed by atoms with Crippen molar-refractivity contribution in [3.05, 3.63) is 71.4 Å². The molecule has 1 amide bonds. The van der Waals surface area contributed by atoms with E-state index in [1.54, 1.807) is 6.21 Å². The number of fused-ring (bicyclic) bond motifs is 1. The Bertz CT molecular complexity index is 1370. The summed E-state index contributed by atoms with van der Waals surface area (Å²) in [5.41, 5.74) is 0.760. The van der Waals surface area contributed by atoms with Crippen molar-refractivity contribution in [1.29, 1.82) is 0 Å². The van der Waals surface area contributed by atoms with Crippen molar-refractivity contribution in [3.8, 4) is 11.8 Å².